The third kappa shape index (κ3) is 2.09. The lowest BCUT2D eigenvalue weighted by atomic mass is 9.95. The normalized spacial score (nSPS) is 11.4. The van der Waals surface area contributed by atoms with Gasteiger partial charge in [0.1, 0.15) is 0 Å². The summed E-state index contributed by atoms with van der Waals surface area (Å²) >= 11 is 0. The van der Waals surface area contributed by atoms with Crippen molar-refractivity contribution < 1.29 is 4.92 Å². The van der Waals surface area contributed by atoms with Crippen LogP contribution in [0.5, 0.6) is 0 Å². The molecule has 5 aromatic rings. The van der Waals surface area contributed by atoms with Crippen LogP contribution in [-0.4, -0.2) is 9.91 Å². The minimum absolute atomic E-state index is 0.102. The van der Waals surface area contributed by atoms with Gasteiger partial charge in [-0.3, -0.25) is 10.1 Å². The maximum atomic E-state index is 11.0. The molecule has 0 saturated heterocycles. The molecule has 0 atom stereocenters. The predicted octanol–water partition coefficient (Wildman–Crippen LogP) is 6.05. The molecule has 4 heteroatoms. The van der Waals surface area contributed by atoms with E-state index in [2.05, 4.69) is 35.3 Å². The third-order valence-electron chi connectivity index (χ3n) is 4.89. The van der Waals surface area contributed by atoms with Crippen molar-refractivity contribution in [1.29, 1.82) is 0 Å². The fourth-order valence-corrected chi connectivity index (χ4v) is 3.69. The third-order valence-corrected chi connectivity index (χ3v) is 4.89. The Morgan fingerprint density at radius 2 is 1.50 bits per heavy atom. The van der Waals surface area contributed by atoms with Gasteiger partial charge in [0.25, 0.3) is 5.69 Å². The van der Waals surface area contributed by atoms with E-state index < -0.39 is 0 Å². The van der Waals surface area contributed by atoms with Crippen molar-refractivity contribution in [2.45, 2.75) is 0 Å². The molecule has 1 aromatic heterocycles. The summed E-state index contributed by atoms with van der Waals surface area (Å²) in [6, 6.07) is 25.4. The van der Waals surface area contributed by atoms with Crippen molar-refractivity contribution in [2.24, 2.45) is 0 Å². The minimum Gasteiger partial charge on any atom is -0.354 e. The number of rotatable bonds is 2. The zero-order chi connectivity index (χ0) is 17.7. The van der Waals surface area contributed by atoms with Crippen LogP contribution in [0.2, 0.25) is 0 Å². The highest BCUT2D eigenvalue weighted by molar-refractivity contribution is 6.22. The standard InChI is InChI=1S/C22H14N2O2/c25-24(26)16-11-9-14(10-12-16)19-13-15-5-1-2-6-17(15)22-21(19)18-7-3-4-8-20(18)23-22/h1-13,23H. The second-order valence-corrected chi connectivity index (χ2v) is 6.37. The number of para-hydroxylation sites is 1. The predicted molar refractivity (Wildman–Crippen MR) is 105 cm³/mol. The largest absolute Gasteiger partial charge is 0.354 e. The second-order valence-electron chi connectivity index (χ2n) is 6.37. The number of aromatic nitrogens is 1. The number of nitrogens with one attached hydrogen (secondary N) is 1. The van der Waals surface area contributed by atoms with Crippen molar-refractivity contribution >= 4 is 38.3 Å². The molecule has 1 heterocycles. The molecule has 0 unspecified atom stereocenters. The van der Waals surface area contributed by atoms with Crippen LogP contribution in [0.25, 0.3) is 43.7 Å². The van der Waals surface area contributed by atoms with Crippen molar-refractivity contribution in [3.05, 3.63) is 89.0 Å². The lowest BCUT2D eigenvalue weighted by Crippen LogP contribution is -1.88. The molecule has 0 aliphatic heterocycles. The van der Waals surface area contributed by atoms with Gasteiger partial charge in [0.2, 0.25) is 0 Å². The highest BCUT2D eigenvalue weighted by atomic mass is 16.6. The van der Waals surface area contributed by atoms with Gasteiger partial charge in [-0.15, -0.1) is 0 Å². The fourth-order valence-electron chi connectivity index (χ4n) is 3.69. The van der Waals surface area contributed by atoms with E-state index in [0.29, 0.717) is 0 Å². The Labute approximate surface area is 148 Å². The maximum Gasteiger partial charge on any atom is 0.269 e. The molecular weight excluding hydrogens is 324 g/mol. The lowest BCUT2D eigenvalue weighted by Gasteiger charge is -2.08. The smallest absolute Gasteiger partial charge is 0.269 e. The number of hydrogen-bond acceptors (Lipinski definition) is 2. The van der Waals surface area contributed by atoms with Gasteiger partial charge < -0.3 is 4.98 Å². The van der Waals surface area contributed by atoms with Gasteiger partial charge in [0.05, 0.1) is 10.4 Å². The van der Waals surface area contributed by atoms with Crippen LogP contribution >= 0.6 is 0 Å². The van der Waals surface area contributed by atoms with Crippen LogP contribution in [0.15, 0.2) is 78.9 Å². The Bertz CT molecular complexity index is 1300. The first-order chi connectivity index (χ1) is 12.7. The first kappa shape index (κ1) is 14.7. The molecular formula is C22H14N2O2. The first-order valence-electron chi connectivity index (χ1n) is 8.39. The lowest BCUT2D eigenvalue weighted by molar-refractivity contribution is -0.384. The van der Waals surface area contributed by atoms with Gasteiger partial charge in [0.15, 0.2) is 0 Å². The molecule has 0 saturated carbocycles. The van der Waals surface area contributed by atoms with Crippen molar-refractivity contribution in [1.82, 2.24) is 4.98 Å². The maximum absolute atomic E-state index is 11.0. The number of H-pyrrole nitrogens is 1. The molecule has 124 valence electrons. The topological polar surface area (TPSA) is 58.9 Å². The van der Waals surface area contributed by atoms with Crippen LogP contribution in [0.3, 0.4) is 0 Å². The quantitative estimate of drug-likeness (QED) is 0.315. The molecule has 4 nitrogen and oxygen atoms in total. The first-order valence-corrected chi connectivity index (χ1v) is 8.39. The van der Waals surface area contributed by atoms with Crippen LogP contribution in [0.4, 0.5) is 5.69 Å². The van der Waals surface area contributed by atoms with Crippen molar-refractivity contribution in [2.75, 3.05) is 0 Å². The molecule has 0 radical (unpaired) electrons. The Morgan fingerprint density at radius 3 is 2.27 bits per heavy atom. The summed E-state index contributed by atoms with van der Waals surface area (Å²) < 4.78 is 0. The Hall–Kier alpha value is -3.66. The molecule has 0 fully saturated rings. The highest BCUT2D eigenvalue weighted by Crippen LogP contribution is 2.39. The van der Waals surface area contributed by atoms with E-state index in [1.807, 2.05) is 36.4 Å². The van der Waals surface area contributed by atoms with E-state index in [4.69, 9.17) is 0 Å². The van der Waals surface area contributed by atoms with Crippen LogP contribution in [0.1, 0.15) is 0 Å². The van der Waals surface area contributed by atoms with E-state index in [9.17, 15) is 10.1 Å². The number of non-ortho nitro benzene ring substituents is 1. The summed E-state index contributed by atoms with van der Waals surface area (Å²) in [6.07, 6.45) is 0. The monoisotopic (exact) mass is 338 g/mol. The average Bonchev–Trinajstić information content (AvgIpc) is 3.07. The Balaban J connectivity index is 1.92. The van der Waals surface area contributed by atoms with E-state index in [1.165, 1.54) is 5.39 Å². The molecule has 5 rings (SSSR count). The van der Waals surface area contributed by atoms with E-state index in [1.54, 1.807) is 12.1 Å². The summed E-state index contributed by atoms with van der Waals surface area (Å²) in [7, 11) is 0. The number of nitro benzene ring substituents is 1. The SMILES string of the molecule is O=[N+]([O-])c1ccc(-c2cc3ccccc3c3[nH]c4ccccc4c23)cc1. The molecule has 0 amide bonds. The summed E-state index contributed by atoms with van der Waals surface area (Å²) in [4.78, 5) is 14.2. The summed E-state index contributed by atoms with van der Waals surface area (Å²) in [5.74, 6) is 0. The second kappa shape index (κ2) is 5.43. The van der Waals surface area contributed by atoms with E-state index in [0.717, 1.165) is 38.3 Å². The van der Waals surface area contributed by atoms with Gasteiger partial charge in [-0.25, -0.2) is 0 Å². The minimum atomic E-state index is -0.370. The fraction of sp³-hybridized carbons (Fsp3) is 0. The van der Waals surface area contributed by atoms with Gasteiger partial charge in [0, 0.05) is 33.8 Å². The summed E-state index contributed by atoms with van der Waals surface area (Å²) in [5, 5.41) is 15.6. The number of aromatic amines is 1. The molecule has 0 aliphatic carbocycles. The van der Waals surface area contributed by atoms with Gasteiger partial charge in [-0.2, -0.15) is 0 Å². The summed E-state index contributed by atoms with van der Waals surface area (Å²) in [5.41, 5.74) is 4.33. The summed E-state index contributed by atoms with van der Waals surface area (Å²) in [6.45, 7) is 0. The molecule has 26 heavy (non-hydrogen) atoms. The highest BCUT2D eigenvalue weighted by Gasteiger charge is 2.14. The van der Waals surface area contributed by atoms with Crippen LogP contribution in [-0.2, 0) is 0 Å². The number of benzene rings is 4. The van der Waals surface area contributed by atoms with E-state index >= 15 is 0 Å². The van der Waals surface area contributed by atoms with Crippen molar-refractivity contribution in [3.63, 3.8) is 0 Å². The number of hydrogen-bond donors (Lipinski definition) is 1. The van der Waals surface area contributed by atoms with Gasteiger partial charge >= 0.3 is 0 Å². The number of fused-ring (bicyclic) bond motifs is 5. The van der Waals surface area contributed by atoms with Crippen molar-refractivity contribution in [3.8, 4) is 11.1 Å². The molecule has 1 N–H and O–H groups in total. The van der Waals surface area contributed by atoms with Crippen LogP contribution < -0.4 is 0 Å². The Morgan fingerprint density at radius 1 is 0.808 bits per heavy atom. The average molecular weight is 338 g/mol. The number of nitro groups is 1. The zero-order valence-electron chi connectivity index (χ0n) is 13.8. The number of nitrogens with zero attached hydrogens (tertiary/aromatic N) is 1. The Kier molecular flexibility index (Phi) is 3.06. The molecule has 0 bridgehead atoms. The molecule has 4 aromatic carbocycles. The molecule has 0 spiro atoms. The van der Waals surface area contributed by atoms with Gasteiger partial charge in [-0.1, -0.05) is 42.5 Å². The zero-order valence-corrected chi connectivity index (χ0v) is 13.8. The molecule has 0 aliphatic rings. The van der Waals surface area contributed by atoms with Gasteiger partial charge in [-0.05, 0) is 40.8 Å². The van der Waals surface area contributed by atoms with E-state index in [-0.39, 0.29) is 10.6 Å². The van der Waals surface area contributed by atoms with Crippen LogP contribution in [0, 0.1) is 10.1 Å².